The van der Waals surface area contributed by atoms with Crippen molar-refractivity contribution in [3.05, 3.63) is 57.8 Å². The quantitative estimate of drug-likeness (QED) is 0.726. The van der Waals surface area contributed by atoms with Crippen LogP contribution in [-0.4, -0.2) is 28.9 Å². The first kappa shape index (κ1) is 18.1. The minimum atomic E-state index is -0.857. The summed E-state index contributed by atoms with van der Waals surface area (Å²) in [5.74, 6) is -1.75. The van der Waals surface area contributed by atoms with E-state index >= 15 is 0 Å². The number of carbonyl (C=O) groups excluding carboxylic acids is 2. The smallest absolute Gasteiger partial charge is 0.308 e. The van der Waals surface area contributed by atoms with Crippen molar-refractivity contribution < 1.29 is 19.5 Å². The van der Waals surface area contributed by atoms with E-state index in [9.17, 15) is 19.5 Å². The van der Waals surface area contributed by atoms with Crippen LogP contribution in [0, 0.1) is 5.92 Å². The van der Waals surface area contributed by atoms with Gasteiger partial charge in [0.2, 0.25) is 0 Å². The molecule has 1 saturated carbocycles. The molecule has 0 radical (unpaired) electrons. The molecule has 0 unspecified atom stereocenters. The first-order chi connectivity index (χ1) is 12.5. The highest BCUT2D eigenvalue weighted by Gasteiger charge is 2.33. The fourth-order valence-electron chi connectivity index (χ4n) is 3.13. The third-order valence-corrected chi connectivity index (χ3v) is 5.43. The summed E-state index contributed by atoms with van der Waals surface area (Å²) in [7, 11) is 0. The van der Waals surface area contributed by atoms with E-state index in [1.165, 1.54) is 11.3 Å². The van der Waals surface area contributed by atoms with E-state index in [2.05, 4.69) is 10.6 Å². The van der Waals surface area contributed by atoms with Crippen LogP contribution in [0.1, 0.15) is 44.9 Å². The van der Waals surface area contributed by atoms with Crippen LogP contribution in [0.5, 0.6) is 0 Å². The van der Waals surface area contributed by atoms with E-state index in [4.69, 9.17) is 0 Å². The van der Waals surface area contributed by atoms with Crippen molar-refractivity contribution in [2.45, 2.75) is 31.8 Å². The highest BCUT2D eigenvalue weighted by Crippen LogP contribution is 2.26. The first-order valence-electron chi connectivity index (χ1n) is 8.49. The molecular formula is C19H20N2O4S. The van der Waals surface area contributed by atoms with E-state index in [-0.39, 0.29) is 17.9 Å². The van der Waals surface area contributed by atoms with Gasteiger partial charge in [0.05, 0.1) is 10.8 Å². The number of benzene rings is 1. The first-order valence-corrected chi connectivity index (χ1v) is 9.37. The van der Waals surface area contributed by atoms with Gasteiger partial charge in [-0.05, 0) is 42.0 Å². The summed E-state index contributed by atoms with van der Waals surface area (Å²) in [6.45, 7) is 0.377. The van der Waals surface area contributed by atoms with Crippen LogP contribution in [0.3, 0.4) is 0 Å². The van der Waals surface area contributed by atoms with Crippen LogP contribution in [-0.2, 0) is 11.3 Å². The minimum Gasteiger partial charge on any atom is -0.481 e. The Morgan fingerprint density at radius 2 is 1.85 bits per heavy atom. The molecule has 0 spiro atoms. The van der Waals surface area contributed by atoms with Crippen molar-refractivity contribution >= 4 is 29.1 Å². The average molecular weight is 372 g/mol. The standard InChI is InChI=1S/C19H20N2O4S/c22-17(21-15-4-1-3-14(15)19(24)25)13-8-6-12(7-9-13)11-20-18(23)16-5-2-10-26-16/h2,5-10,14-15H,1,3-4,11H2,(H,20,23)(H,21,22)(H,24,25)/t14-,15+/m1/s1. The summed E-state index contributed by atoms with van der Waals surface area (Å²) in [5.41, 5.74) is 1.37. The lowest BCUT2D eigenvalue weighted by atomic mass is 10.0. The summed E-state index contributed by atoms with van der Waals surface area (Å²) in [4.78, 5) is 36.1. The molecule has 1 aromatic heterocycles. The van der Waals surface area contributed by atoms with Gasteiger partial charge in [-0.1, -0.05) is 24.6 Å². The summed E-state index contributed by atoms with van der Waals surface area (Å²) in [6.07, 6.45) is 2.10. The number of rotatable bonds is 6. The largest absolute Gasteiger partial charge is 0.481 e. The lowest BCUT2D eigenvalue weighted by Gasteiger charge is -2.17. The summed E-state index contributed by atoms with van der Waals surface area (Å²) in [6, 6.07) is 10.2. The molecule has 1 aliphatic carbocycles. The predicted molar refractivity (Wildman–Crippen MR) is 98.2 cm³/mol. The average Bonchev–Trinajstić information content (AvgIpc) is 3.32. The SMILES string of the molecule is O=C(N[C@H]1CCC[C@H]1C(=O)O)c1ccc(CNC(=O)c2cccs2)cc1. The molecule has 2 atom stereocenters. The molecule has 3 rings (SSSR count). The van der Waals surface area contributed by atoms with Crippen LogP contribution in [0.15, 0.2) is 41.8 Å². The summed E-state index contributed by atoms with van der Waals surface area (Å²) >= 11 is 1.38. The second-order valence-electron chi connectivity index (χ2n) is 6.31. The minimum absolute atomic E-state index is 0.122. The number of aliphatic carboxylic acids is 1. The molecule has 1 aromatic carbocycles. The third-order valence-electron chi connectivity index (χ3n) is 4.56. The molecule has 7 heteroatoms. The highest BCUT2D eigenvalue weighted by molar-refractivity contribution is 7.12. The van der Waals surface area contributed by atoms with Crippen molar-refractivity contribution in [2.24, 2.45) is 5.92 Å². The van der Waals surface area contributed by atoms with E-state index < -0.39 is 11.9 Å². The van der Waals surface area contributed by atoms with Crippen LogP contribution in [0.2, 0.25) is 0 Å². The molecule has 6 nitrogen and oxygen atoms in total. The van der Waals surface area contributed by atoms with Gasteiger partial charge in [0.25, 0.3) is 11.8 Å². The van der Waals surface area contributed by atoms with E-state index in [0.717, 1.165) is 12.0 Å². The molecule has 2 amide bonds. The Labute approximate surface area is 155 Å². The van der Waals surface area contributed by atoms with Crippen LogP contribution in [0.25, 0.3) is 0 Å². The zero-order valence-electron chi connectivity index (χ0n) is 14.1. The Morgan fingerprint density at radius 1 is 1.08 bits per heavy atom. The fourth-order valence-corrected chi connectivity index (χ4v) is 3.77. The molecule has 2 aromatic rings. The predicted octanol–water partition coefficient (Wildman–Crippen LogP) is 2.66. The van der Waals surface area contributed by atoms with Crippen LogP contribution in [0.4, 0.5) is 0 Å². The molecule has 0 saturated heterocycles. The van der Waals surface area contributed by atoms with Gasteiger partial charge in [0.1, 0.15) is 0 Å². The zero-order valence-corrected chi connectivity index (χ0v) is 14.9. The van der Waals surface area contributed by atoms with Gasteiger partial charge in [-0.15, -0.1) is 11.3 Å². The number of hydrogen-bond acceptors (Lipinski definition) is 4. The molecule has 0 aliphatic heterocycles. The maximum atomic E-state index is 12.3. The van der Waals surface area contributed by atoms with Gasteiger partial charge in [0, 0.05) is 18.2 Å². The van der Waals surface area contributed by atoms with Crippen molar-refractivity contribution in [2.75, 3.05) is 0 Å². The fraction of sp³-hybridized carbons (Fsp3) is 0.316. The normalized spacial score (nSPS) is 19.1. The number of amides is 2. The van der Waals surface area contributed by atoms with Crippen molar-refractivity contribution in [3.8, 4) is 0 Å². The molecular weight excluding hydrogens is 352 g/mol. The highest BCUT2D eigenvalue weighted by atomic mass is 32.1. The number of thiophene rings is 1. The van der Waals surface area contributed by atoms with Gasteiger partial charge in [-0.25, -0.2) is 0 Å². The maximum absolute atomic E-state index is 12.3. The molecule has 1 aliphatic rings. The third kappa shape index (κ3) is 4.29. The van der Waals surface area contributed by atoms with Crippen molar-refractivity contribution in [1.29, 1.82) is 0 Å². The van der Waals surface area contributed by atoms with Gasteiger partial charge in [-0.2, -0.15) is 0 Å². The second kappa shape index (κ2) is 8.14. The van der Waals surface area contributed by atoms with Gasteiger partial charge < -0.3 is 15.7 Å². The number of nitrogens with one attached hydrogen (secondary N) is 2. The zero-order chi connectivity index (χ0) is 18.5. The monoisotopic (exact) mass is 372 g/mol. The topological polar surface area (TPSA) is 95.5 Å². The molecule has 1 fully saturated rings. The molecule has 1 heterocycles. The van der Waals surface area contributed by atoms with Gasteiger partial charge in [-0.3, -0.25) is 14.4 Å². The van der Waals surface area contributed by atoms with Crippen LogP contribution < -0.4 is 10.6 Å². The molecule has 3 N–H and O–H groups in total. The lowest BCUT2D eigenvalue weighted by Crippen LogP contribution is -2.40. The van der Waals surface area contributed by atoms with Gasteiger partial charge in [0.15, 0.2) is 0 Å². The van der Waals surface area contributed by atoms with Gasteiger partial charge >= 0.3 is 5.97 Å². The van der Waals surface area contributed by atoms with Crippen LogP contribution >= 0.6 is 11.3 Å². The maximum Gasteiger partial charge on any atom is 0.308 e. The second-order valence-corrected chi connectivity index (χ2v) is 7.26. The summed E-state index contributed by atoms with van der Waals surface area (Å²) < 4.78 is 0. The van der Waals surface area contributed by atoms with Crippen molar-refractivity contribution in [1.82, 2.24) is 10.6 Å². The van der Waals surface area contributed by atoms with E-state index in [1.807, 2.05) is 11.4 Å². The molecule has 26 heavy (non-hydrogen) atoms. The molecule has 136 valence electrons. The van der Waals surface area contributed by atoms with Crippen molar-refractivity contribution in [3.63, 3.8) is 0 Å². The Balaban J connectivity index is 1.54. The number of carboxylic acids is 1. The van der Waals surface area contributed by atoms with E-state index in [0.29, 0.717) is 29.8 Å². The Bertz CT molecular complexity index is 786. The summed E-state index contributed by atoms with van der Waals surface area (Å²) in [5, 5.41) is 16.7. The lowest BCUT2D eigenvalue weighted by molar-refractivity contribution is -0.142. The number of carboxylic acid groups (broad SMARTS) is 1. The Hall–Kier alpha value is -2.67. The molecule has 0 bridgehead atoms. The number of hydrogen-bond donors (Lipinski definition) is 3. The number of carbonyl (C=O) groups is 3. The van der Waals surface area contributed by atoms with E-state index in [1.54, 1.807) is 30.3 Å². The Kier molecular flexibility index (Phi) is 5.68. The Morgan fingerprint density at radius 3 is 2.50 bits per heavy atom.